The van der Waals surface area contributed by atoms with E-state index >= 15 is 0 Å². The van der Waals surface area contributed by atoms with E-state index in [2.05, 4.69) is 31.3 Å². The van der Waals surface area contributed by atoms with Gasteiger partial charge < -0.3 is 14.8 Å². The average Bonchev–Trinajstić information content (AvgIpc) is 2.46. The molecule has 0 aliphatic rings. The van der Waals surface area contributed by atoms with Crippen molar-refractivity contribution in [3.8, 4) is 11.5 Å². The fourth-order valence-electron chi connectivity index (χ4n) is 2.03. The Labute approximate surface area is 120 Å². The summed E-state index contributed by atoms with van der Waals surface area (Å²) in [6.45, 7) is 5.55. The molecule has 106 valence electrons. The number of hydrogen-bond donors (Lipinski definition) is 1. The third-order valence-electron chi connectivity index (χ3n) is 3.11. The van der Waals surface area contributed by atoms with Gasteiger partial charge in [-0.05, 0) is 49.7 Å². The van der Waals surface area contributed by atoms with E-state index in [9.17, 15) is 0 Å². The number of hydrogen-bond acceptors (Lipinski definition) is 3. The fraction of sp³-hybridized carbons (Fsp3) is 0.294. The van der Waals surface area contributed by atoms with Crippen molar-refractivity contribution < 1.29 is 9.47 Å². The van der Waals surface area contributed by atoms with Gasteiger partial charge in [0.25, 0.3) is 0 Å². The summed E-state index contributed by atoms with van der Waals surface area (Å²) in [5.41, 5.74) is 3.50. The summed E-state index contributed by atoms with van der Waals surface area (Å²) >= 11 is 0. The highest BCUT2D eigenvalue weighted by atomic mass is 16.5. The lowest BCUT2D eigenvalue weighted by Gasteiger charge is -2.11. The minimum absolute atomic E-state index is 0.635. The molecule has 0 aromatic heterocycles. The summed E-state index contributed by atoms with van der Waals surface area (Å²) in [7, 11) is 1.67. The molecule has 2 aromatic rings. The first-order valence-corrected chi connectivity index (χ1v) is 6.77. The molecule has 0 atom stereocenters. The number of methoxy groups -OCH3 is 1. The maximum atomic E-state index is 5.77. The molecule has 0 heterocycles. The largest absolute Gasteiger partial charge is 0.497 e. The van der Waals surface area contributed by atoms with Crippen molar-refractivity contribution in [2.24, 2.45) is 0 Å². The first-order chi connectivity index (χ1) is 9.69. The molecular formula is C17H21NO2. The zero-order chi connectivity index (χ0) is 14.4. The van der Waals surface area contributed by atoms with E-state index < -0.39 is 0 Å². The fourth-order valence-corrected chi connectivity index (χ4v) is 2.03. The Morgan fingerprint density at radius 3 is 2.40 bits per heavy atom. The van der Waals surface area contributed by atoms with Gasteiger partial charge in [0.15, 0.2) is 0 Å². The van der Waals surface area contributed by atoms with E-state index in [1.165, 1.54) is 11.1 Å². The second-order valence-electron chi connectivity index (χ2n) is 4.77. The van der Waals surface area contributed by atoms with E-state index in [4.69, 9.17) is 9.47 Å². The predicted molar refractivity (Wildman–Crippen MR) is 82.9 cm³/mol. The molecule has 0 aliphatic carbocycles. The van der Waals surface area contributed by atoms with Gasteiger partial charge in [0, 0.05) is 12.2 Å². The first kappa shape index (κ1) is 14.3. The van der Waals surface area contributed by atoms with Crippen molar-refractivity contribution in [1.29, 1.82) is 0 Å². The summed E-state index contributed by atoms with van der Waals surface area (Å²) in [5.74, 6) is 1.81. The molecule has 0 saturated heterocycles. The average molecular weight is 271 g/mol. The lowest BCUT2D eigenvalue weighted by Crippen LogP contribution is -2.11. The summed E-state index contributed by atoms with van der Waals surface area (Å²) in [5, 5.41) is 3.32. The van der Waals surface area contributed by atoms with Crippen molar-refractivity contribution in [1.82, 2.24) is 0 Å². The van der Waals surface area contributed by atoms with Gasteiger partial charge in [-0.25, -0.2) is 0 Å². The van der Waals surface area contributed by atoms with Gasteiger partial charge in [-0.3, -0.25) is 0 Å². The Morgan fingerprint density at radius 2 is 1.75 bits per heavy atom. The normalized spacial score (nSPS) is 10.2. The molecule has 3 heteroatoms. The van der Waals surface area contributed by atoms with Crippen LogP contribution in [0.15, 0.2) is 42.5 Å². The van der Waals surface area contributed by atoms with Crippen LogP contribution in [0.5, 0.6) is 11.5 Å². The number of nitrogens with one attached hydrogen (secondary N) is 1. The van der Waals surface area contributed by atoms with Crippen LogP contribution in [0.1, 0.15) is 11.1 Å². The van der Waals surface area contributed by atoms with E-state index in [-0.39, 0.29) is 0 Å². The summed E-state index contributed by atoms with van der Waals surface area (Å²) in [6, 6.07) is 14.1. The van der Waals surface area contributed by atoms with Crippen LogP contribution < -0.4 is 14.8 Å². The second-order valence-corrected chi connectivity index (χ2v) is 4.77. The van der Waals surface area contributed by atoms with Crippen molar-refractivity contribution in [2.75, 3.05) is 25.6 Å². The smallest absolute Gasteiger partial charge is 0.122 e. The second kappa shape index (κ2) is 6.85. The molecular weight excluding hydrogens is 250 g/mol. The van der Waals surface area contributed by atoms with Crippen LogP contribution in [0.3, 0.4) is 0 Å². The maximum Gasteiger partial charge on any atom is 0.122 e. The van der Waals surface area contributed by atoms with Crippen LogP contribution >= 0.6 is 0 Å². The molecule has 2 aromatic carbocycles. The molecule has 0 radical (unpaired) electrons. The Hall–Kier alpha value is -2.16. The van der Waals surface area contributed by atoms with Crippen molar-refractivity contribution >= 4 is 5.69 Å². The Morgan fingerprint density at radius 1 is 1.00 bits per heavy atom. The summed E-state index contributed by atoms with van der Waals surface area (Å²) in [4.78, 5) is 0. The van der Waals surface area contributed by atoms with Gasteiger partial charge in [-0.1, -0.05) is 17.7 Å². The highest BCUT2D eigenvalue weighted by molar-refractivity contribution is 5.46. The molecule has 1 N–H and O–H groups in total. The zero-order valence-electron chi connectivity index (χ0n) is 12.3. The van der Waals surface area contributed by atoms with Crippen molar-refractivity contribution in [2.45, 2.75) is 13.8 Å². The van der Waals surface area contributed by atoms with E-state index in [1.807, 2.05) is 30.3 Å². The molecule has 20 heavy (non-hydrogen) atoms. The van der Waals surface area contributed by atoms with E-state index in [0.29, 0.717) is 6.61 Å². The summed E-state index contributed by atoms with van der Waals surface area (Å²) in [6.07, 6.45) is 0. The number of benzene rings is 2. The lowest BCUT2D eigenvalue weighted by molar-refractivity contribution is 0.330. The van der Waals surface area contributed by atoms with Crippen LogP contribution in [0.2, 0.25) is 0 Å². The number of aryl methyl sites for hydroxylation is 2. The Balaban J connectivity index is 1.78. The molecule has 0 bridgehead atoms. The molecule has 0 unspecified atom stereocenters. The Kier molecular flexibility index (Phi) is 4.88. The van der Waals surface area contributed by atoms with Crippen LogP contribution in [0.4, 0.5) is 5.69 Å². The topological polar surface area (TPSA) is 30.5 Å². The van der Waals surface area contributed by atoms with Crippen molar-refractivity contribution in [3.05, 3.63) is 53.6 Å². The standard InChI is InChI=1S/C17H21NO2/c1-13-4-9-17(14(2)12-13)20-11-10-18-15-5-7-16(19-3)8-6-15/h4-9,12,18H,10-11H2,1-3H3. The molecule has 0 amide bonds. The van der Waals surface area contributed by atoms with Crippen molar-refractivity contribution in [3.63, 3.8) is 0 Å². The van der Waals surface area contributed by atoms with Gasteiger partial charge in [0.2, 0.25) is 0 Å². The van der Waals surface area contributed by atoms with Crippen LogP contribution in [0.25, 0.3) is 0 Å². The maximum absolute atomic E-state index is 5.77. The molecule has 2 rings (SSSR count). The highest BCUT2D eigenvalue weighted by Crippen LogP contribution is 2.18. The monoisotopic (exact) mass is 271 g/mol. The summed E-state index contributed by atoms with van der Waals surface area (Å²) < 4.78 is 10.9. The third-order valence-corrected chi connectivity index (χ3v) is 3.11. The lowest BCUT2D eigenvalue weighted by atomic mass is 10.1. The highest BCUT2D eigenvalue weighted by Gasteiger charge is 1.99. The molecule has 0 fully saturated rings. The number of rotatable bonds is 6. The SMILES string of the molecule is COc1ccc(NCCOc2ccc(C)cc2C)cc1. The van der Waals surface area contributed by atoms with E-state index in [0.717, 1.165) is 23.7 Å². The quantitative estimate of drug-likeness (QED) is 0.811. The van der Waals surface area contributed by atoms with Gasteiger partial charge >= 0.3 is 0 Å². The van der Waals surface area contributed by atoms with Gasteiger partial charge in [-0.15, -0.1) is 0 Å². The molecule has 3 nitrogen and oxygen atoms in total. The van der Waals surface area contributed by atoms with Crippen LogP contribution in [-0.2, 0) is 0 Å². The third kappa shape index (κ3) is 3.92. The molecule has 0 spiro atoms. The minimum Gasteiger partial charge on any atom is -0.497 e. The zero-order valence-corrected chi connectivity index (χ0v) is 12.3. The molecule has 0 aliphatic heterocycles. The predicted octanol–water partition coefficient (Wildman–Crippen LogP) is 3.80. The van der Waals surface area contributed by atoms with E-state index in [1.54, 1.807) is 7.11 Å². The van der Waals surface area contributed by atoms with Gasteiger partial charge in [0.05, 0.1) is 7.11 Å². The van der Waals surface area contributed by atoms with Gasteiger partial charge in [-0.2, -0.15) is 0 Å². The van der Waals surface area contributed by atoms with Gasteiger partial charge in [0.1, 0.15) is 18.1 Å². The van der Waals surface area contributed by atoms with Crippen LogP contribution in [0, 0.1) is 13.8 Å². The Bertz CT molecular complexity index is 549. The number of ether oxygens (including phenoxy) is 2. The number of anilines is 1. The first-order valence-electron chi connectivity index (χ1n) is 6.77. The molecule has 0 saturated carbocycles. The minimum atomic E-state index is 0.635. The van der Waals surface area contributed by atoms with Crippen LogP contribution in [-0.4, -0.2) is 20.3 Å².